The first kappa shape index (κ1) is 16.5. The average molecular weight is 368 g/mol. The van der Waals surface area contributed by atoms with E-state index in [1.54, 1.807) is 23.5 Å². The van der Waals surface area contributed by atoms with Crippen LogP contribution in [0.3, 0.4) is 0 Å². The third-order valence-electron chi connectivity index (χ3n) is 4.46. The quantitative estimate of drug-likeness (QED) is 0.730. The Morgan fingerprint density at radius 1 is 1.23 bits per heavy atom. The summed E-state index contributed by atoms with van der Waals surface area (Å²) in [6, 6.07) is 6.25. The van der Waals surface area contributed by atoms with E-state index in [1.165, 1.54) is 27.9 Å². The van der Waals surface area contributed by atoms with Gasteiger partial charge in [-0.3, -0.25) is 19.0 Å². The molecule has 2 aromatic heterocycles. The van der Waals surface area contributed by atoms with Crippen molar-refractivity contribution in [1.82, 2.24) is 9.55 Å². The number of hydrogen-bond donors (Lipinski definition) is 2. The number of primary amides is 1. The van der Waals surface area contributed by atoms with Crippen LogP contribution in [0, 0.1) is 0 Å². The van der Waals surface area contributed by atoms with Crippen LogP contribution >= 0.6 is 11.3 Å². The third kappa shape index (κ3) is 2.88. The van der Waals surface area contributed by atoms with E-state index in [1.807, 2.05) is 0 Å². The number of rotatable bonds is 4. The summed E-state index contributed by atoms with van der Waals surface area (Å²) in [5.41, 5.74) is 7.00. The normalized spacial score (nSPS) is 12.9. The fourth-order valence-corrected chi connectivity index (χ4v) is 4.42. The predicted molar refractivity (Wildman–Crippen MR) is 99.5 cm³/mol. The zero-order chi connectivity index (χ0) is 18.3. The van der Waals surface area contributed by atoms with Crippen molar-refractivity contribution in [1.29, 1.82) is 0 Å². The van der Waals surface area contributed by atoms with E-state index < -0.39 is 5.91 Å². The first-order chi connectivity index (χ1) is 12.5. The molecule has 4 rings (SSSR count). The van der Waals surface area contributed by atoms with Gasteiger partial charge in [-0.2, -0.15) is 0 Å². The molecule has 26 heavy (non-hydrogen) atoms. The zero-order valence-electron chi connectivity index (χ0n) is 13.8. The maximum Gasteiger partial charge on any atom is 0.262 e. The fraction of sp³-hybridized carbons (Fsp3) is 0.222. The van der Waals surface area contributed by atoms with E-state index >= 15 is 0 Å². The number of aryl methyl sites for hydroxylation is 2. The molecule has 1 aromatic carbocycles. The van der Waals surface area contributed by atoms with Gasteiger partial charge in [0.05, 0.1) is 11.7 Å². The van der Waals surface area contributed by atoms with E-state index in [0.717, 1.165) is 29.7 Å². The molecule has 0 bridgehead atoms. The Labute approximate surface area is 152 Å². The molecular weight excluding hydrogens is 352 g/mol. The molecule has 2 heterocycles. The number of thiophene rings is 1. The number of amides is 2. The summed E-state index contributed by atoms with van der Waals surface area (Å²) in [5.74, 6) is -0.871. The summed E-state index contributed by atoms with van der Waals surface area (Å²) < 4.78 is 1.33. The number of anilines is 1. The number of nitrogens with one attached hydrogen (secondary N) is 1. The number of nitrogens with zero attached hydrogens (tertiary/aromatic N) is 2. The summed E-state index contributed by atoms with van der Waals surface area (Å²) in [7, 11) is 0. The van der Waals surface area contributed by atoms with Gasteiger partial charge in [0.1, 0.15) is 11.4 Å². The number of benzene rings is 1. The van der Waals surface area contributed by atoms with E-state index in [9.17, 15) is 14.4 Å². The zero-order valence-corrected chi connectivity index (χ0v) is 14.6. The minimum atomic E-state index is -0.530. The Morgan fingerprint density at radius 3 is 2.73 bits per heavy atom. The van der Waals surface area contributed by atoms with Crippen molar-refractivity contribution in [2.75, 3.05) is 5.32 Å². The molecule has 7 nitrogen and oxygen atoms in total. The summed E-state index contributed by atoms with van der Waals surface area (Å²) in [5, 5.41) is 3.36. The average Bonchev–Trinajstić information content (AvgIpc) is 3.18. The molecular formula is C18H16N4O3S. The molecule has 0 saturated heterocycles. The van der Waals surface area contributed by atoms with Crippen LogP contribution in [-0.4, -0.2) is 21.4 Å². The highest BCUT2D eigenvalue weighted by molar-refractivity contribution is 7.18. The summed E-state index contributed by atoms with van der Waals surface area (Å²) in [4.78, 5) is 42.4. The van der Waals surface area contributed by atoms with Crippen molar-refractivity contribution >= 4 is 39.1 Å². The van der Waals surface area contributed by atoms with Gasteiger partial charge in [0.2, 0.25) is 11.8 Å². The molecule has 0 spiro atoms. The molecule has 0 fully saturated rings. The minimum absolute atomic E-state index is 0.121. The first-order valence-electron chi connectivity index (χ1n) is 8.22. The van der Waals surface area contributed by atoms with E-state index in [0.29, 0.717) is 16.6 Å². The molecule has 0 radical (unpaired) electrons. The Balaban J connectivity index is 1.55. The van der Waals surface area contributed by atoms with Gasteiger partial charge in [-0.15, -0.1) is 11.3 Å². The van der Waals surface area contributed by atoms with Crippen molar-refractivity contribution in [2.24, 2.45) is 5.73 Å². The molecule has 8 heteroatoms. The lowest BCUT2D eigenvalue weighted by Crippen LogP contribution is -2.28. The van der Waals surface area contributed by atoms with Crippen molar-refractivity contribution in [3.63, 3.8) is 0 Å². The second-order valence-corrected chi connectivity index (χ2v) is 7.29. The van der Waals surface area contributed by atoms with Crippen LogP contribution < -0.4 is 16.6 Å². The van der Waals surface area contributed by atoms with Crippen molar-refractivity contribution < 1.29 is 9.59 Å². The van der Waals surface area contributed by atoms with Crippen LogP contribution in [0.1, 0.15) is 27.2 Å². The number of hydrogen-bond acceptors (Lipinski definition) is 5. The summed E-state index contributed by atoms with van der Waals surface area (Å²) in [6.07, 6.45) is 4.38. The highest BCUT2D eigenvalue weighted by Gasteiger charge is 2.21. The maximum atomic E-state index is 12.8. The van der Waals surface area contributed by atoms with Gasteiger partial charge >= 0.3 is 0 Å². The SMILES string of the molecule is NC(=O)c1ccc(NC(=O)Cn2cnc3sc4c(c3c2=O)CCC4)cc1. The highest BCUT2D eigenvalue weighted by Crippen LogP contribution is 2.34. The molecule has 3 aromatic rings. The molecule has 0 saturated carbocycles. The van der Waals surface area contributed by atoms with E-state index in [2.05, 4.69) is 10.3 Å². The molecule has 1 aliphatic rings. The number of nitrogens with two attached hydrogens (primary N) is 1. The fourth-order valence-electron chi connectivity index (χ4n) is 3.21. The lowest BCUT2D eigenvalue weighted by molar-refractivity contribution is -0.116. The predicted octanol–water partition coefficient (Wildman–Crippen LogP) is 1.68. The molecule has 2 amide bonds. The van der Waals surface area contributed by atoms with Crippen molar-refractivity contribution in [2.45, 2.75) is 25.8 Å². The van der Waals surface area contributed by atoms with Crippen LogP contribution in [0.5, 0.6) is 0 Å². The Kier molecular flexibility index (Phi) is 4.04. The number of aromatic nitrogens is 2. The molecule has 132 valence electrons. The molecule has 0 aliphatic heterocycles. The van der Waals surface area contributed by atoms with Crippen molar-refractivity contribution in [3.8, 4) is 0 Å². The van der Waals surface area contributed by atoms with Gasteiger partial charge in [-0.1, -0.05) is 0 Å². The lowest BCUT2D eigenvalue weighted by atomic mass is 10.2. The van der Waals surface area contributed by atoms with Crippen LogP contribution in [0.25, 0.3) is 10.2 Å². The highest BCUT2D eigenvalue weighted by atomic mass is 32.1. The number of carbonyl (C=O) groups is 2. The maximum absolute atomic E-state index is 12.8. The van der Waals surface area contributed by atoms with Crippen LogP contribution in [-0.2, 0) is 24.2 Å². The standard InChI is InChI=1S/C18H16N4O3S/c19-16(24)10-4-6-11(7-5-10)21-14(23)8-22-9-20-17-15(18(22)25)12-2-1-3-13(12)26-17/h4-7,9H,1-3,8H2,(H2,19,24)(H,21,23). The molecule has 3 N–H and O–H groups in total. The van der Waals surface area contributed by atoms with Gasteiger partial charge in [-0.05, 0) is 49.1 Å². The smallest absolute Gasteiger partial charge is 0.262 e. The van der Waals surface area contributed by atoms with Crippen LogP contribution in [0.15, 0.2) is 35.4 Å². The topological polar surface area (TPSA) is 107 Å². The van der Waals surface area contributed by atoms with E-state index in [-0.39, 0.29) is 18.0 Å². The lowest BCUT2D eigenvalue weighted by Gasteiger charge is -2.08. The largest absolute Gasteiger partial charge is 0.366 e. The molecule has 0 unspecified atom stereocenters. The summed E-state index contributed by atoms with van der Waals surface area (Å²) in [6.45, 7) is -0.121. The van der Waals surface area contributed by atoms with Gasteiger partial charge in [0.25, 0.3) is 5.56 Å². The van der Waals surface area contributed by atoms with Gasteiger partial charge in [0.15, 0.2) is 0 Å². The second kappa shape index (κ2) is 6.38. The van der Waals surface area contributed by atoms with Crippen LogP contribution in [0.4, 0.5) is 5.69 Å². The Bertz CT molecular complexity index is 1080. The van der Waals surface area contributed by atoms with Gasteiger partial charge in [0, 0.05) is 16.1 Å². The molecule has 0 atom stereocenters. The Hall–Kier alpha value is -3.00. The summed E-state index contributed by atoms with van der Waals surface area (Å²) >= 11 is 1.57. The monoisotopic (exact) mass is 368 g/mol. The van der Waals surface area contributed by atoms with Crippen LogP contribution in [0.2, 0.25) is 0 Å². The third-order valence-corrected chi connectivity index (χ3v) is 5.66. The second-order valence-electron chi connectivity index (χ2n) is 6.20. The van der Waals surface area contributed by atoms with Gasteiger partial charge < -0.3 is 11.1 Å². The first-order valence-corrected chi connectivity index (χ1v) is 9.04. The van der Waals surface area contributed by atoms with Crippen molar-refractivity contribution in [3.05, 3.63) is 57.0 Å². The minimum Gasteiger partial charge on any atom is -0.366 e. The molecule has 1 aliphatic carbocycles. The number of carbonyl (C=O) groups excluding carboxylic acids is 2. The van der Waals surface area contributed by atoms with Gasteiger partial charge in [-0.25, -0.2) is 4.98 Å². The van der Waals surface area contributed by atoms with E-state index in [4.69, 9.17) is 5.73 Å². The Morgan fingerprint density at radius 2 is 2.00 bits per heavy atom. The number of fused-ring (bicyclic) bond motifs is 3.